The number of carbonyl (C=O) groups is 1. The summed E-state index contributed by atoms with van der Waals surface area (Å²) in [6.07, 6.45) is 10.2. The van der Waals surface area contributed by atoms with E-state index in [1.165, 1.54) is 12.8 Å². The Kier molecular flexibility index (Phi) is 5.33. The molecule has 0 amide bonds. The van der Waals surface area contributed by atoms with Gasteiger partial charge in [-0.1, -0.05) is 38.0 Å². The van der Waals surface area contributed by atoms with Crippen LogP contribution in [0.5, 0.6) is 0 Å². The number of unbranched alkanes of at least 4 members (excludes halogenated alkanes) is 2. The standard InChI is InChI=1S/C13H20O2/c1-3-5-6-7-8-13-10-11(14)9-12(4-2)15-13/h4,7-8,12-13H,2-3,5-6,9-10H2,1H3/b8-7+/t12-,13+/m1/s1. The highest BCUT2D eigenvalue weighted by Gasteiger charge is 2.23. The van der Waals surface area contributed by atoms with Crippen LogP contribution in [0.3, 0.4) is 0 Å². The van der Waals surface area contributed by atoms with Crippen LogP contribution in [-0.2, 0) is 9.53 Å². The molecule has 1 aliphatic rings. The van der Waals surface area contributed by atoms with Gasteiger partial charge in [-0.25, -0.2) is 0 Å². The molecular weight excluding hydrogens is 188 g/mol. The molecule has 0 saturated carbocycles. The van der Waals surface area contributed by atoms with Crippen LogP contribution in [-0.4, -0.2) is 18.0 Å². The molecule has 0 aromatic carbocycles. The molecule has 0 radical (unpaired) electrons. The Morgan fingerprint density at radius 3 is 2.87 bits per heavy atom. The largest absolute Gasteiger partial charge is 0.366 e. The zero-order valence-electron chi connectivity index (χ0n) is 9.45. The third-order valence-electron chi connectivity index (χ3n) is 2.55. The van der Waals surface area contributed by atoms with Gasteiger partial charge >= 0.3 is 0 Å². The van der Waals surface area contributed by atoms with Gasteiger partial charge in [0.1, 0.15) is 5.78 Å². The van der Waals surface area contributed by atoms with Crippen molar-refractivity contribution in [2.24, 2.45) is 0 Å². The maximum atomic E-state index is 11.4. The van der Waals surface area contributed by atoms with Crippen LogP contribution in [0, 0.1) is 0 Å². The van der Waals surface area contributed by atoms with Gasteiger partial charge in [0.2, 0.25) is 0 Å². The first-order valence-corrected chi connectivity index (χ1v) is 5.72. The van der Waals surface area contributed by atoms with Gasteiger partial charge in [0.05, 0.1) is 12.2 Å². The third-order valence-corrected chi connectivity index (χ3v) is 2.55. The topological polar surface area (TPSA) is 26.3 Å². The van der Waals surface area contributed by atoms with E-state index in [-0.39, 0.29) is 18.0 Å². The van der Waals surface area contributed by atoms with E-state index in [0.29, 0.717) is 12.8 Å². The van der Waals surface area contributed by atoms with Crippen LogP contribution in [0.15, 0.2) is 24.8 Å². The predicted octanol–water partition coefficient (Wildman–Crippen LogP) is 3.04. The maximum absolute atomic E-state index is 11.4. The zero-order valence-corrected chi connectivity index (χ0v) is 9.45. The van der Waals surface area contributed by atoms with Crippen LogP contribution in [0.4, 0.5) is 0 Å². The molecule has 1 fully saturated rings. The van der Waals surface area contributed by atoms with Crippen LogP contribution in [0.2, 0.25) is 0 Å². The number of ether oxygens (including phenoxy) is 1. The minimum Gasteiger partial charge on any atom is -0.366 e. The van der Waals surface area contributed by atoms with Gasteiger partial charge in [0.25, 0.3) is 0 Å². The highest BCUT2D eigenvalue weighted by molar-refractivity contribution is 5.80. The van der Waals surface area contributed by atoms with Gasteiger partial charge < -0.3 is 4.74 Å². The number of allylic oxidation sites excluding steroid dienone is 1. The first kappa shape index (κ1) is 12.2. The molecule has 0 bridgehead atoms. The smallest absolute Gasteiger partial charge is 0.138 e. The second-order valence-electron chi connectivity index (χ2n) is 3.97. The van der Waals surface area contributed by atoms with Gasteiger partial charge in [0, 0.05) is 12.8 Å². The molecule has 0 N–H and O–H groups in total. The van der Waals surface area contributed by atoms with Crippen molar-refractivity contribution < 1.29 is 9.53 Å². The summed E-state index contributed by atoms with van der Waals surface area (Å²) >= 11 is 0. The van der Waals surface area contributed by atoms with Gasteiger partial charge in [-0.05, 0) is 6.42 Å². The number of hydrogen-bond donors (Lipinski definition) is 0. The SMILES string of the molecule is C=C[C@@H]1CC(=O)C[C@H](/C=C/CCCC)O1. The van der Waals surface area contributed by atoms with Crippen molar-refractivity contribution in [1.29, 1.82) is 0 Å². The quantitative estimate of drug-likeness (QED) is 0.513. The lowest BCUT2D eigenvalue weighted by Gasteiger charge is -2.25. The Bertz CT molecular complexity index is 243. The predicted molar refractivity (Wildman–Crippen MR) is 61.8 cm³/mol. The van der Waals surface area contributed by atoms with E-state index in [1.54, 1.807) is 6.08 Å². The van der Waals surface area contributed by atoms with Crippen LogP contribution >= 0.6 is 0 Å². The van der Waals surface area contributed by atoms with Crippen molar-refractivity contribution in [2.75, 3.05) is 0 Å². The molecule has 15 heavy (non-hydrogen) atoms. The summed E-state index contributed by atoms with van der Waals surface area (Å²) < 4.78 is 5.66. The number of rotatable bonds is 5. The molecule has 0 spiro atoms. The fraction of sp³-hybridized carbons (Fsp3) is 0.615. The molecule has 1 saturated heterocycles. The van der Waals surface area contributed by atoms with Crippen molar-refractivity contribution in [1.82, 2.24) is 0 Å². The van der Waals surface area contributed by atoms with E-state index in [2.05, 4.69) is 19.6 Å². The minimum atomic E-state index is -0.0907. The molecule has 1 heterocycles. The van der Waals surface area contributed by atoms with Crippen molar-refractivity contribution in [3.63, 3.8) is 0 Å². The van der Waals surface area contributed by atoms with E-state index >= 15 is 0 Å². The Morgan fingerprint density at radius 2 is 2.20 bits per heavy atom. The van der Waals surface area contributed by atoms with Gasteiger partial charge in [-0.3, -0.25) is 4.79 Å². The summed E-state index contributed by atoms with van der Waals surface area (Å²) in [5.74, 6) is 0.274. The highest BCUT2D eigenvalue weighted by atomic mass is 16.5. The summed E-state index contributed by atoms with van der Waals surface area (Å²) in [6, 6.07) is 0. The van der Waals surface area contributed by atoms with E-state index < -0.39 is 0 Å². The molecule has 84 valence electrons. The summed E-state index contributed by atoms with van der Waals surface area (Å²) in [7, 11) is 0. The van der Waals surface area contributed by atoms with Crippen LogP contribution in [0.25, 0.3) is 0 Å². The van der Waals surface area contributed by atoms with Gasteiger partial charge in [-0.2, -0.15) is 0 Å². The molecule has 0 aliphatic carbocycles. The molecule has 2 atom stereocenters. The van der Waals surface area contributed by atoms with Gasteiger partial charge in [-0.15, -0.1) is 6.58 Å². The van der Waals surface area contributed by atoms with E-state index in [9.17, 15) is 4.79 Å². The maximum Gasteiger partial charge on any atom is 0.138 e. The fourth-order valence-corrected chi connectivity index (χ4v) is 1.68. The molecule has 1 rings (SSSR count). The summed E-state index contributed by atoms with van der Waals surface area (Å²) in [6.45, 7) is 5.83. The van der Waals surface area contributed by atoms with E-state index in [4.69, 9.17) is 4.74 Å². The summed E-state index contributed by atoms with van der Waals surface area (Å²) in [5.41, 5.74) is 0. The van der Waals surface area contributed by atoms with E-state index in [1.807, 2.05) is 6.08 Å². The molecular formula is C13H20O2. The summed E-state index contributed by atoms with van der Waals surface area (Å²) in [5, 5.41) is 0. The molecule has 0 unspecified atom stereocenters. The number of Topliss-reactive ketones (excluding diaryl/α,β-unsaturated/α-hetero) is 1. The fourth-order valence-electron chi connectivity index (χ4n) is 1.68. The second kappa shape index (κ2) is 6.57. The first-order valence-electron chi connectivity index (χ1n) is 5.72. The number of hydrogen-bond acceptors (Lipinski definition) is 2. The lowest BCUT2D eigenvalue weighted by molar-refractivity contribution is -0.129. The van der Waals surface area contributed by atoms with Crippen molar-refractivity contribution in [3.8, 4) is 0 Å². The lowest BCUT2D eigenvalue weighted by atomic mass is 10.0. The Morgan fingerprint density at radius 1 is 1.47 bits per heavy atom. The molecule has 1 aliphatic heterocycles. The Labute approximate surface area is 92.0 Å². The summed E-state index contributed by atoms with van der Waals surface area (Å²) in [4.78, 5) is 11.4. The number of ketones is 1. The van der Waals surface area contributed by atoms with Crippen LogP contribution in [0.1, 0.15) is 39.0 Å². The average molecular weight is 208 g/mol. The zero-order chi connectivity index (χ0) is 11.1. The Hall–Kier alpha value is -0.890. The molecule has 0 aromatic heterocycles. The van der Waals surface area contributed by atoms with Crippen molar-refractivity contribution in [3.05, 3.63) is 24.8 Å². The molecule has 2 heteroatoms. The average Bonchev–Trinajstić information content (AvgIpc) is 2.23. The third kappa shape index (κ3) is 4.43. The van der Waals surface area contributed by atoms with Crippen molar-refractivity contribution >= 4 is 5.78 Å². The monoisotopic (exact) mass is 208 g/mol. The lowest BCUT2D eigenvalue weighted by Crippen LogP contribution is -2.30. The van der Waals surface area contributed by atoms with Crippen LogP contribution < -0.4 is 0 Å². The molecule has 2 nitrogen and oxygen atoms in total. The normalized spacial score (nSPS) is 27.1. The van der Waals surface area contributed by atoms with Crippen molar-refractivity contribution in [2.45, 2.75) is 51.2 Å². The second-order valence-corrected chi connectivity index (χ2v) is 3.97. The first-order chi connectivity index (χ1) is 7.26. The van der Waals surface area contributed by atoms with Gasteiger partial charge in [0.15, 0.2) is 0 Å². The highest BCUT2D eigenvalue weighted by Crippen LogP contribution is 2.18. The number of carbonyl (C=O) groups excluding carboxylic acids is 1. The molecule has 0 aromatic rings. The van der Waals surface area contributed by atoms with E-state index in [0.717, 1.165) is 6.42 Å². The Balaban J connectivity index is 2.37. The minimum absolute atomic E-state index is 0.0360.